The van der Waals surface area contributed by atoms with Crippen molar-refractivity contribution in [2.45, 2.75) is 38.3 Å². The second-order valence-electron chi connectivity index (χ2n) is 8.45. The van der Waals surface area contributed by atoms with Crippen LogP contribution in [0.3, 0.4) is 0 Å². The lowest BCUT2D eigenvalue weighted by Crippen LogP contribution is -2.42. The number of nitrogens with one attached hydrogen (secondary N) is 1. The summed E-state index contributed by atoms with van der Waals surface area (Å²) < 4.78 is 34.2. The van der Waals surface area contributed by atoms with Crippen LogP contribution in [0.25, 0.3) is 11.1 Å². The first-order valence-electron chi connectivity index (χ1n) is 10.5. The molecule has 3 aromatic rings. The number of pyridine rings is 1. The molecule has 2 aromatic heterocycles. The number of hydrogen-bond donors (Lipinski definition) is 1. The zero-order valence-corrected chi connectivity index (χ0v) is 18.8. The second kappa shape index (κ2) is 8.87. The Hall–Kier alpha value is -2.98. The van der Waals surface area contributed by atoms with E-state index < -0.39 is 15.8 Å². The summed E-state index contributed by atoms with van der Waals surface area (Å²) in [5.74, 6) is -0.544. The highest BCUT2D eigenvalue weighted by Crippen LogP contribution is 2.28. The zero-order valence-electron chi connectivity index (χ0n) is 18.0. The maximum absolute atomic E-state index is 13.1. The molecule has 1 aliphatic rings. The lowest BCUT2D eigenvalue weighted by atomic mass is 9.94. The standard InChI is InChI=1S/C22H26N4O5S/c1-15-9-16(2)13-25(12-15)32(29,30)18-6-7-19-20(10-18)31-22(28)26(19)14-21(27)24-11-17-5-3-4-8-23-17/h3-8,10,15-16H,9,11-14H2,1-2H3,(H,24,27)/t15-,16-/m0/s1. The Balaban J connectivity index is 1.54. The largest absolute Gasteiger partial charge is 0.420 e. The number of carbonyl (C=O) groups excluding carboxylic acids is 1. The van der Waals surface area contributed by atoms with Crippen molar-refractivity contribution in [2.75, 3.05) is 13.1 Å². The normalized spacial score (nSPS) is 19.8. The van der Waals surface area contributed by atoms with E-state index in [0.29, 0.717) is 24.3 Å². The van der Waals surface area contributed by atoms with Crippen molar-refractivity contribution in [1.29, 1.82) is 0 Å². The minimum absolute atomic E-state index is 0.0757. The van der Waals surface area contributed by atoms with E-state index in [9.17, 15) is 18.0 Å². The van der Waals surface area contributed by atoms with Gasteiger partial charge in [-0.2, -0.15) is 4.31 Å². The van der Waals surface area contributed by atoms with Crippen molar-refractivity contribution >= 4 is 27.0 Å². The molecule has 0 bridgehead atoms. The van der Waals surface area contributed by atoms with Crippen molar-refractivity contribution in [2.24, 2.45) is 11.8 Å². The third-order valence-corrected chi connectivity index (χ3v) is 7.44. The Morgan fingerprint density at radius 2 is 1.94 bits per heavy atom. The highest BCUT2D eigenvalue weighted by Gasteiger charge is 2.32. The topological polar surface area (TPSA) is 115 Å². The van der Waals surface area contributed by atoms with Gasteiger partial charge in [0.25, 0.3) is 0 Å². The summed E-state index contributed by atoms with van der Waals surface area (Å²) in [5, 5.41) is 2.71. The second-order valence-corrected chi connectivity index (χ2v) is 10.4. The molecule has 1 amide bonds. The first-order valence-corrected chi connectivity index (χ1v) is 12.0. The third kappa shape index (κ3) is 4.61. The summed E-state index contributed by atoms with van der Waals surface area (Å²) in [5.41, 5.74) is 1.19. The molecule has 1 N–H and O–H groups in total. The summed E-state index contributed by atoms with van der Waals surface area (Å²) >= 11 is 0. The Bertz CT molecular complexity index is 1270. The van der Waals surface area contributed by atoms with E-state index in [1.807, 2.05) is 19.9 Å². The third-order valence-electron chi connectivity index (χ3n) is 5.61. The van der Waals surface area contributed by atoms with Crippen molar-refractivity contribution in [3.05, 3.63) is 58.8 Å². The van der Waals surface area contributed by atoms with Crippen LogP contribution in [-0.2, 0) is 27.9 Å². The van der Waals surface area contributed by atoms with Gasteiger partial charge in [0.1, 0.15) is 6.54 Å². The molecular formula is C22H26N4O5S. The molecule has 9 nitrogen and oxygen atoms in total. The molecule has 10 heteroatoms. The van der Waals surface area contributed by atoms with Crippen LogP contribution in [-0.4, -0.2) is 41.3 Å². The number of sulfonamides is 1. The number of aromatic nitrogens is 2. The summed E-state index contributed by atoms with van der Waals surface area (Å²) in [6.45, 7) is 5.00. The highest BCUT2D eigenvalue weighted by molar-refractivity contribution is 7.89. The molecule has 32 heavy (non-hydrogen) atoms. The number of hydrogen-bond acceptors (Lipinski definition) is 6. The van der Waals surface area contributed by atoms with E-state index in [0.717, 1.165) is 6.42 Å². The number of carbonyl (C=O) groups is 1. The predicted molar refractivity (Wildman–Crippen MR) is 118 cm³/mol. The van der Waals surface area contributed by atoms with E-state index in [1.54, 1.807) is 18.3 Å². The molecule has 0 saturated carbocycles. The SMILES string of the molecule is C[C@H]1C[C@H](C)CN(S(=O)(=O)c2ccc3c(c2)oc(=O)n3CC(=O)NCc2ccccn2)C1. The van der Waals surface area contributed by atoms with Crippen molar-refractivity contribution < 1.29 is 17.6 Å². The van der Waals surface area contributed by atoms with Crippen molar-refractivity contribution in [3.63, 3.8) is 0 Å². The number of rotatable bonds is 6. The molecule has 1 fully saturated rings. The van der Waals surface area contributed by atoms with Gasteiger partial charge in [-0.3, -0.25) is 14.3 Å². The highest BCUT2D eigenvalue weighted by atomic mass is 32.2. The Morgan fingerprint density at radius 3 is 2.62 bits per heavy atom. The summed E-state index contributed by atoms with van der Waals surface area (Å²) in [6.07, 6.45) is 2.62. The number of amides is 1. The van der Waals surface area contributed by atoms with E-state index in [1.165, 1.54) is 27.1 Å². The molecule has 0 aliphatic carbocycles. The van der Waals surface area contributed by atoms with Crippen molar-refractivity contribution in [3.8, 4) is 0 Å². The Morgan fingerprint density at radius 1 is 1.19 bits per heavy atom. The minimum Gasteiger partial charge on any atom is -0.408 e. The molecule has 0 radical (unpaired) electrons. The quantitative estimate of drug-likeness (QED) is 0.604. The average molecular weight is 459 g/mol. The number of piperidine rings is 1. The smallest absolute Gasteiger partial charge is 0.408 e. The van der Waals surface area contributed by atoms with Crippen LogP contribution in [0.4, 0.5) is 0 Å². The molecular weight excluding hydrogens is 432 g/mol. The zero-order chi connectivity index (χ0) is 22.9. The molecule has 0 spiro atoms. The van der Waals surface area contributed by atoms with Crippen LogP contribution < -0.4 is 11.1 Å². The van der Waals surface area contributed by atoms with Crippen molar-refractivity contribution in [1.82, 2.24) is 19.2 Å². The van der Waals surface area contributed by atoms with Crippen LogP contribution in [0.5, 0.6) is 0 Å². The van der Waals surface area contributed by atoms with Gasteiger partial charge in [0.2, 0.25) is 15.9 Å². The monoisotopic (exact) mass is 458 g/mol. The van der Waals surface area contributed by atoms with E-state index in [4.69, 9.17) is 4.42 Å². The maximum Gasteiger partial charge on any atom is 0.420 e. The van der Waals surface area contributed by atoms with Gasteiger partial charge in [0.05, 0.1) is 22.7 Å². The summed E-state index contributed by atoms with van der Waals surface area (Å²) in [7, 11) is -3.71. The van der Waals surface area contributed by atoms with E-state index in [-0.39, 0.29) is 41.3 Å². The van der Waals surface area contributed by atoms with Crippen LogP contribution in [0.15, 0.2) is 56.7 Å². The van der Waals surface area contributed by atoms with Crippen LogP contribution >= 0.6 is 0 Å². The number of fused-ring (bicyclic) bond motifs is 1. The van der Waals surface area contributed by atoms with Gasteiger partial charge in [-0.25, -0.2) is 13.2 Å². The van der Waals surface area contributed by atoms with Crippen LogP contribution in [0.2, 0.25) is 0 Å². The molecule has 3 heterocycles. The predicted octanol–water partition coefficient (Wildman–Crippen LogP) is 1.97. The minimum atomic E-state index is -3.71. The van der Waals surface area contributed by atoms with E-state index >= 15 is 0 Å². The van der Waals surface area contributed by atoms with Gasteiger partial charge in [0, 0.05) is 25.4 Å². The molecule has 1 aliphatic heterocycles. The molecule has 170 valence electrons. The van der Waals surface area contributed by atoms with Gasteiger partial charge in [-0.1, -0.05) is 19.9 Å². The fourth-order valence-corrected chi connectivity index (χ4v) is 5.89. The number of oxazole rings is 1. The first-order chi connectivity index (χ1) is 15.2. The molecule has 2 atom stereocenters. The lowest BCUT2D eigenvalue weighted by molar-refractivity contribution is -0.121. The maximum atomic E-state index is 13.1. The molecule has 4 rings (SSSR count). The summed E-state index contributed by atoms with van der Waals surface area (Å²) in [6, 6.07) is 9.71. The number of nitrogens with zero attached hydrogens (tertiary/aromatic N) is 3. The first kappa shape index (κ1) is 22.2. The molecule has 1 aromatic carbocycles. The Kier molecular flexibility index (Phi) is 6.16. The van der Waals surface area contributed by atoms with Gasteiger partial charge < -0.3 is 9.73 Å². The number of benzene rings is 1. The van der Waals surface area contributed by atoms with Gasteiger partial charge in [-0.15, -0.1) is 0 Å². The van der Waals surface area contributed by atoms with Gasteiger partial charge in [-0.05, 0) is 42.5 Å². The fraction of sp³-hybridized carbons (Fsp3) is 0.409. The lowest BCUT2D eigenvalue weighted by Gasteiger charge is -2.34. The molecule has 1 saturated heterocycles. The molecule has 0 unspecified atom stereocenters. The van der Waals surface area contributed by atoms with E-state index in [2.05, 4.69) is 10.3 Å². The Labute approximate surface area is 186 Å². The van der Waals surface area contributed by atoms with Crippen LogP contribution in [0.1, 0.15) is 26.0 Å². The van der Waals surface area contributed by atoms with Crippen LogP contribution in [0, 0.1) is 11.8 Å². The van der Waals surface area contributed by atoms with Gasteiger partial charge in [0.15, 0.2) is 5.58 Å². The summed E-state index contributed by atoms with van der Waals surface area (Å²) in [4.78, 5) is 28.9. The van der Waals surface area contributed by atoms with Gasteiger partial charge >= 0.3 is 5.76 Å². The average Bonchev–Trinajstić information content (AvgIpc) is 3.06. The fourth-order valence-electron chi connectivity index (χ4n) is 4.20.